The van der Waals surface area contributed by atoms with E-state index in [0.29, 0.717) is 0 Å². The number of halogens is 1. The van der Waals surface area contributed by atoms with Crippen molar-refractivity contribution >= 4 is 15.9 Å². The fourth-order valence-electron chi connectivity index (χ4n) is 3.54. The maximum Gasteiger partial charge on any atom is 0.133 e. The highest BCUT2D eigenvalue weighted by Crippen LogP contribution is 2.48. The smallest absolute Gasteiger partial charge is 0.133 e. The zero-order valence-electron chi connectivity index (χ0n) is 10.4. The average molecular weight is 311 g/mol. The van der Waals surface area contributed by atoms with E-state index in [1.165, 1.54) is 25.7 Å². The van der Waals surface area contributed by atoms with Crippen molar-refractivity contribution in [2.45, 2.75) is 32.3 Å². The van der Waals surface area contributed by atoms with Crippen LogP contribution in [0.2, 0.25) is 0 Å². The largest absolute Gasteiger partial charge is 0.492 e. The second kappa shape index (κ2) is 5.22. The quantitative estimate of drug-likeness (QED) is 0.917. The number of rotatable bonds is 4. The molecule has 2 saturated carbocycles. The second-order valence-electron chi connectivity index (χ2n) is 5.67. The molecule has 2 fully saturated rings. The molecule has 0 heterocycles. The van der Waals surface area contributed by atoms with Gasteiger partial charge >= 0.3 is 0 Å². The van der Waals surface area contributed by atoms with Gasteiger partial charge in [0.05, 0.1) is 17.7 Å². The first kappa shape index (κ1) is 12.5. The first-order valence-corrected chi connectivity index (χ1v) is 7.57. The van der Waals surface area contributed by atoms with Gasteiger partial charge in [-0.25, -0.2) is 0 Å². The van der Waals surface area contributed by atoms with E-state index < -0.39 is 0 Å². The van der Waals surface area contributed by atoms with Crippen LogP contribution in [0.5, 0.6) is 5.75 Å². The molecular formula is C15H19BrO2. The lowest BCUT2D eigenvalue weighted by atomic mass is 9.89. The van der Waals surface area contributed by atoms with Gasteiger partial charge in [0, 0.05) is 0 Å². The van der Waals surface area contributed by atoms with Gasteiger partial charge in [-0.05, 0) is 70.6 Å². The van der Waals surface area contributed by atoms with Gasteiger partial charge in [-0.1, -0.05) is 12.5 Å². The number of hydrogen-bond donors (Lipinski definition) is 1. The van der Waals surface area contributed by atoms with E-state index in [4.69, 9.17) is 9.84 Å². The molecule has 1 N–H and O–H groups in total. The Hall–Kier alpha value is -0.540. The molecule has 3 rings (SSSR count). The molecule has 0 saturated heterocycles. The number of aliphatic hydroxyl groups excluding tert-OH is 1. The van der Waals surface area contributed by atoms with E-state index >= 15 is 0 Å². The molecule has 3 unspecified atom stereocenters. The molecule has 3 heteroatoms. The topological polar surface area (TPSA) is 29.5 Å². The lowest BCUT2D eigenvalue weighted by molar-refractivity contribution is 0.194. The third kappa shape index (κ3) is 2.43. The van der Waals surface area contributed by atoms with Crippen molar-refractivity contribution in [3.8, 4) is 5.75 Å². The number of hydrogen-bond acceptors (Lipinski definition) is 2. The molecule has 0 amide bonds. The third-order valence-corrected chi connectivity index (χ3v) is 5.14. The molecule has 2 nitrogen and oxygen atoms in total. The Morgan fingerprint density at radius 1 is 1.28 bits per heavy atom. The Kier molecular flexibility index (Phi) is 3.62. The average Bonchev–Trinajstić information content (AvgIpc) is 2.99. The van der Waals surface area contributed by atoms with Crippen LogP contribution in [0.4, 0.5) is 0 Å². The van der Waals surface area contributed by atoms with Gasteiger partial charge in [0.25, 0.3) is 0 Å². The molecule has 2 aliphatic rings. The summed E-state index contributed by atoms with van der Waals surface area (Å²) in [5.41, 5.74) is 0.911. The summed E-state index contributed by atoms with van der Waals surface area (Å²) in [5, 5.41) is 9.07. The standard InChI is InChI=1S/C15H19BrO2/c16-14-7-11(8-17)2-4-15(14)18-9-13-6-10-1-3-12(13)5-10/h2,4,7,10,12-13,17H,1,3,5-6,8-9H2. The van der Waals surface area contributed by atoms with Gasteiger partial charge in [0.15, 0.2) is 0 Å². The third-order valence-electron chi connectivity index (χ3n) is 4.52. The van der Waals surface area contributed by atoms with E-state index in [1.54, 1.807) is 0 Å². The Bertz CT molecular complexity index is 433. The maximum absolute atomic E-state index is 9.07. The lowest BCUT2D eigenvalue weighted by Gasteiger charge is -2.22. The molecule has 0 radical (unpaired) electrons. The van der Waals surface area contributed by atoms with Crippen molar-refractivity contribution in [3.63, 3.8) is 0 Å². The minimum Gasteiger partial charge on any atom is -0.492 e. The summed E-state index contributed by atoms with van der Waals surface area (Å²) in [5.74, 6) is 3.54. The van der Waals surface area contributed by atoms with Gasteiger partial charge in [-0.3, -0.25) is 0 Å². The molecule has 98 valence electrons. The Morgan fingerprint density at radius 2 is 2.17 bits per heavy atom. The van der Waals surface area contributed by atoms with Gasteiger partial charge in [0.2, 0.25) is 0 Å². The van der Waals surface area contributed by atoms with Crippen molar-refractivity contribution in [2.24, 2.45) is 17.8 Å². The summed E-state index contributed by atoms with van der Waals surface area (Å²) in [6.45, 7) is 0.920. The highest BCUT2D eigenvalue weighted by molar-refractivity contribution is 9.10. The predicted octanol–water partition coefficient (Wildman–Crippen LogP) is 3.76. The summed E-state index contributed by atoms with van der Waals surface area (Å²) < 4.78 is 6.89. The summed E-state index contributed by atoms with van der Waals surface area (Å²) in [6, 6.07) is 5.79. The Morgan fingerprint density at radius 3 is 2.78 bits per heavy atom. The molecule has 1 aromatic rings. The van der Waals surface area contributed by atoms with E-state index in [0.717, 1.165) is 40.1 Å². The Labute approximate surface area is 116 Å². The van der Waals surface area contributed by atoms with Crippen molar-refractivity contribution in [2.75, 3.05) is 6.61 Å². The van der Waals surface area contributed by atoms with Crippen LogP contribution < -0.4 is 4.74 Å². The highest BCUT2D eigenvalue weighted by atomic mass is 79.9. The molecule has 0 aromatic heterocycles. The van der Waals surface area contributed by atoms with Gasteiger partial charge < -0.3 is 9.84 Å². The van der Waals surface area contributed by atoms with Gasteiger partial charge in [-0.15, -0.1) is 0 Å². The first-order valence-electron chi connectivity index (χ1n) is 6.78. The molecule has 2 aliphatic carbocycles. The van der Waals surface area contributed by atoms with E-state index in [2.05, 4.69) is 15.9 Å². The van der Waals surface area contributed by atoms with E-state index in [9.17, 15) is 0 Å². The summed E-state index contributed by atoms with van der Waals surface area (Å²) in [6.07, 6.45) is 5.63. The first-order chi connectivity index (χ1) is 8.76. The molecular weight excluding hydrogens is 292 g/mol. The fourth-order valence-corrected chi connectivity index (χ4v) is 4.08. The number of fused-ring (bicyclic) bond motifs is 2. The summed E-state index contributed by atoms with van der Waals surface area (Å²) in [4.78, 5) is 0. The summed E-state index contributed by atoms with van der Waals surface area (Å²) in [7, 11) is 0. The van der Waals surface area contributed by atoms with Crippen LogP contribution in [0.1, 0.15) is 31.2 Å². The van der Waals surface area contributed by atoms with Crippen molar-refractivity contribution in [1.29, 1.82) is 0 Å². The van der Waals surface area contributed by atoms with Gasteiger partial charge in [-0.2, -0.15) is 0 Å². The molecule has 1 aromatic carbocycles. The zero-order valence-corrected chi connectivity index (χ0v) is 12.0. The number of benzene rings is 1. The molecule has 18 heavy (non-hydrogen) atoms. The molecule has 2 bridgehead atoms. The zero-order chi connectivity index (χ0) is 12.5. The normalized spacial score (nSPS) is 29.8. The van der Waals surface area contributed by atoms with Crippen molar-refractivity contribution in [3.05, 3.63) is 28.2 Å². The van der Waals surface area contributed by atoms with Crippen molar-refractivity contribution in [1.82, 2.24) is 0 Å². The van der Waals surface area contributed by atoms with Crippen LogP contribution in [0.15, 0.2) is 22.7 Å². The van der Waals surface area contributed by atoms with Crippen molar-refractivity contribution < 1.29 is 9.84 Å². The lowest BCUT2D eigenvalue weighted by Crippen LogP contribution is -2.18. The SMILES string of the molecule is OCc1ccc(OCC2CC3CCC2C3)c(Br)c1. The minimum absolute atomic E-state index is 0.0747. The van der Waals surface area contributed by atoms with E-state index in [1.807, 2.05) is 18.2 Å². The molecule has 0 aliphatic heterocycles. The fraction of sp³-hybridized carbons (Fsp3) is 0.600. The van der Waals surface area contributed by atoms with Crippen LogP contribution >= 0.6 is 15.9 Å². The highest BCUT2D eigenvalue weighted by Gasteiger charge is 2.39. The van der Waals surface area contributed by atoms with Gasteiger partial charge in [0.1, 0.15) is 5.75 Å². The van der Waals surface area contributed by atoms with Crippen LogP contribution in [0.3, 0.4) is 0 Å². The summed E-state index contributed by atoms with van der Waals surface area (Å²) >= 11 is 3.50. The number of ether oxygens (including phenoxy) is 1. The van der Waals surface area contributed by atoms with Crippen LogP contribution in [-0.4, -0.2) is 11.7 Å². The minimum atomic E-state index is 0.0747. The Balaban J connectivity index is 1.60. The monoisotopic (exact) mass is 310 g/mol. The van der Waals surface area contributed by atoms with E-state index in [-0.39, 0.29) is 6.61 Å². The number of aliphatic hydroxyl groups is 1. The predicted molar refractivity (Wildman–Crippen MR) is 74.5 cm³/mol. The van der Waals surface area contributed by atoms with Crippen LogP contribution in [-0.2, 0) is 6.61 Å². The maximum atomic E-state index is 9.07. The molecule has 0 spiro atoms. The van der Waals surface area contributed by atoms with Crippen LogP contribution in [0.25, 0.3) is 0 Å². The molecule has 3 atom stereocenters. The van der Waals surface area contributed by atoms with Crippen LogP contribution in [0, 0.1) is 17.8 Å². The second-order valence-corrected chi connectivity index (χ2v) is 6.52.